The summed E-state index contributed by atoms with van der Waals surface area (Å²) in [6.07, 6.45) is 3.56. The fourth-order valence-corrected chi connectivity index (χ4v) is 1.91. The van der Waals surface area contributed by atoms with Gasteiger partial charge in [-0.05, 0) is 12.1 Å². The van der Waals surface area contributed by atoms with Crippen molar-refractivity contribution in [2.24, 2.45) is 12.8 Å². The maximum Gasteiger partial charge on any atom is 0.0946 e. The minimum absolute atomic E-state index is 0.00222. The second-order valence-electron chi connectivity index (χ2n) is 3.84. The summed E-state index contributed by atoms with van der Waals surface area (Å²) in [4.78, 5) is 4.09. The Bertz CT molecular complexity index is 495. The van der Waals surface area contributed by atoms with E-state index >= 15 is 0 Å². The lowest BCUT2D eigenvalue weighted by molar-refractivity contribution is 0.706. The lowest BCUT2D eigenvalue weighted by Crippen LogP contribution is -2.22. The highest BCUT2D eigenvalue weighted by Crippen LogP contribution is 2.25. The zero-order valence-corrected chi connectivity index (χ0v) is 10.4. The van der Waals surface area contributed by atoms with Crippen molar-refractivity contribution in [2.45, 2.75) is 6.04 Å². The van der Waals surface area contributed by atoms with E-state index in [4.69, 9.17) is 17.3 Å². The fraction of sp³-hybridized carbons (Fsp3) is 0.250. The molecule has 4 nitrogen and oxygen atoms in total. The van der Waals surface area contributed by atoms with E-state index in [-0.39, 0.29) is 6.04 Å². The van der Waals surface area contributed by atoms with E-state index in [1.165, 1.54) is 0 Å². The summed E-state index contributed by atoms with van der Waals surface area (Å²) in [6.45, 7) is 0.477. The Morgan fingerprint density at radius 2 is 2.24 bits per heavy atom. The van der Waals surface area contributed by atoms with Crippen molar-refractivity contribution < 1.29 is 0 Å². The van der Waals surface area contributed by atoms with Crippen LogP contribution >= 0.6 is 11.6 Å². The number of hydrogen-bond donors (Lipinski definition) is 2. The van der Waals surface area contributed by atoms with E-state index in [9.17, 15) is 0 Å². The molecule has 0 amide bonds. The van der Waals surface area contributed by atoms with Gasteiger partial charge >= 0.3 is 0 Å². The van der Waals surface area contributed by atoms with Crippen LogP contribution in [0, 0.1) is 0 Å². The molecule has 1 heterocycles. The second kappa shape index (κ2) is 5.21. The quantitative estimate of drug-likeness (QED) is 0.875. The van der Waals surface area contributed by atoms with Gasteiger partial charge in [0, 0.05) is 13.6 Å². The minimum atomic E-state index is 0.00222. The zero-order chi connectivity index (χ0) is 12.3. The van der Waals surface area contributed by atoms with Gasteiger partial charge in [0.25, 0.3) is 0 Å². The summed E-state index contributed by atoms with van der Waals surface area (Å²) in [5.74, 6) is 0. The lowest BCUT2D eigenvalue weighted by Gasteiger charge is -2.19. The predicted octanol–water partition coefficient (Wildman–Crippen LogP) is 2.19. The molecule has 2 rings (SSSR count). The van der Waals surface area contributed by atoms with Gasteiger partial charge in [-0.15, -0.1) is 0 Å². The van der Waals surface area contributed by atoms with Crippen molar-refractivity contribution >= 4 is 17.3 Å². The average molecular weight is 251 g/mol. The highest BCUT2D eigenvalue weighted by Gasteiger charge is 2.13. The van der Waals surface area contributed by atoms with Gasteiger partial charge in [-0.2, -0.15) is 0 Å². The van der Waals surface area contributed by atoms with Gasteiger partial charge in [-0.1, -0.05) is 23.7 Å². The van der Waals surface area contributed by atoms with E-state index in [1.807, 2.05) is 35.9 Å². The second-order valence-corrected chi connectivity index (χ2v) is 4.25. The summed E-state index contributed by atoms with van der Waals surface area (Å²) in [6, 6.07) is 7.62. The molecule has 90 valence electrons. The molecule has 5 heteroatoms. The molecule has 0 fully saturated rings. The first-order valence-corrected chi connectivity index (χ1v) is 5.77. The van der Waals surface area contributed by atoms with Crippen LogP contribution in [0.3, 0.4) is 0 Å². The molecule has 3 N–H and O–H groups in total. The monoisotopic (exact) mass is 250 g/mol. The first-order valence-electron chi connectivity index (χ1n) is 5.39. The number of aryl methyl sites for hydroxylation is 1. The van der Waals surface area contributed by atoms with Crippen LogP contribution in [0.5, 0.6) is 0 Å². The fourth-order valence-electron chi connectivity index (χ4n) is 1.72. The summed E-state index contributed by atoms with van der Waals surface area (Å²) in [5, 5.41) is 4.01. The molecule has 1 unspecified atom stereocenters. The van der Waals surface area contributed by atoms with Crippen LogP contribution in [0.2, 0.25) is 5.02 Å². The van der Waals surface area contributed by atoms with E-state index in [1.54, 1.807) is 12.5 Å². The highest BCUT2D eigenvalue weighted by atomic mass is 35.5. The number of nitrogens with zero attached hydrogens (tertiary/aromatic N) is 2. The number of nitrogens with two attached hydrogens (primary N) is 1. The third-order valence-corrected chi connectivity index (χ3v) is 2.98. The number of para-hydroxylation sites is 1. The molecule has 2 aromatic rings. The molecule has 0 spiro atoms. The van der Waals surface area contributed by atoms with Crippen molar-refractivity contribution in [1.82, 2.24) is 9.55 Å². The molecule has 1 aromatic carbocycles. The molecule has 0 aliphatic carbocycles. The van der Waals surface area contributed by atoms with Crippen LogP contribution in [0.1, 0.15) is 11.7 Å². The van der Waals surface area contributed by atoms with Crippen LogP contribution in [0.25, 0.3) is 0 Å². The van der Waals surface area contributed by atoms with Crippen LogP contribution in [0.15, 0.2) is 36.8 Å². The van der Waals surface area contributed by atoms with Crippen LogP contribution in [-0.4, -0.2) is 16.1 Å². The largest absolute Gasteiger partial charge is 0.374 e. The van der Waals surface area contributed by atoms with Gasteiger partial charge in [0.1, 0.15) is 0 Å². The van der Waals surface area contributed by atoms with Crippen LogP contribution < -0.4 is 11.1 Å². The van der Waals surface area contributed by atoms with Crippen LogP contribution in [0.4, 0.5) is 5.69 Å². The maximum atomic E-state index is 6.10. The van der Waals surface area contributed by atoms with Crippen LogP contribution in [-0.2, 0) is 7.05 Å². The third kappa shape index (κ3) is 2.60. The zero-order valence-electron chi connectivity index (χ0n) is 9.60. The lowest BCUT2D eigenvalue weighted by atomic mass is 10.2. The molecule has 1 atom stereocenters. The SMILES string of the molecule is Cn1cncc1C(CN)Nc1ccccc1Cl. The van der Waals surface area contributed by atoms with Gasteiger partial charge in [0.15, 0.2) is 0 Å². The summed E-state index contributed by atoms with van der Waals surface area (Å²) < 4.78 is 1.95. The molecule has 1 aromatic heterocycles. The first kappa shape index (κ1) is 12.0. The summed E-state index contributed by atoms with van der Waals surface area (Å²) in [5.41, 5.74) is 7.70. The number of hydrogen-bond acceptors (Lipinski definition) is 3. The van der Waals surface area contributed by atoms with E-state index in [0.29, 0.717) is 11.6 Å². The Morgan fingerprint density at radius 1 is 1.47 bits per heavy atom. The average Bonchev–Trinajstić information content (AvgIpc) is 2.75. The van der Waals surface area contributed by atoms with Gasteiger partial charge in [0.2, 0.25) is 0 Å². The molecule has 0 saturated heterocycles. The Balaban J connectivity index is 2.22. The van der Waals surface area contributed by atoms with Crippen molar-refractivity contribution in [3.8, 4) is 0 Å². The first-order chi connectivity index (χ1) is 8.22. The van der Waals surface area contributed by atoms with Crippen molar-refractivity contribution in [3.63, 3.8) is 0 Å². The molecule has 0 radical (unpaired) electrons. The number of benzene rings is 1. The Labute approximate surface area is 105 Å². The summed E-state index contributed by atoms with van der Waals surface area (Å²) in [7, 11) is 1.94. The van der Waals surface area contributed by atoms with E-state index in [0.717, 1.165) is 11.4 Å². The van der Waals surface area contributed by atoms with Crippen molar-refractivity contribution in [3.05, 3.63) is 47.5 Å². The predicted molar refractivity (Wildman–Crippen MR) is 70.1 cm³/mol. The number of halogens is 1. The smallest absolute Gasteiger partial charge is 0.0946 e. The highest BCUT2D eigenvalue weighted by molar-refractivity contribution is 6.33. The van der Waals surface area contributed by atoms with E-state index in [2.05, 4.69) is 10.3 Å². The standard InChI is InChI=1S/C12H15ClN4/c1-17-8-15-7-12(17)11(6-14)16-10-5-3-2-4-9(10)13/h2-5,7-8,11,16H,6,14H2,1H3. The van der Waals surface area contributed by atoms with Gasteiger partial charge in [-0.25, -0.2) is 4.98 Å². The molecule has 0 aliphatic heterocycles. The Hall–Kier alpha value is -1.52. The van der Waals surface area contributed by atoms with Gasteiger partial charge in [0.05, 0.1) is 35.0 Å². The van der Waals surface area contributed by atoms with E-state index < -0.39 is 0 Å². The molecule has 0 aliphatic rings. The maximum absolute atomic E-state index is 6.10. The van der Waals surface area contributed by atoms with Gasteiger partial charge < -0.3 is 15.6 Å². The molecular weight excluding hydrogens is 236 g/mol. The Morgan fingerprint density at radius 3 is 2.82 bits per heavy atom. The minimum Gasteiger partial charge on any atom is -0.374 e. The van der Waals surface area contributed by atoms with Crippen molar-refractivity contribution in [2.75, 3.05) is 11.9 Å². The molecular formula is C12H15ClN4. The van der Waals surface area contributed by atoms with Crippen molar-refractivity contribution in [1.29, 1.82) is 0 Å². The molecule has 17 heavy (non-hydrogen) atoms. The number of rotatable bonds is 4. The topological polar surface area (TPSA) is 55.9 Å². The normalized spacial score (nSPS) is 12.4. The molecule has 0 saturated carbocycles. The Kier molecular flexibility index (Phi) is 3.66. The number of aromatic nitrogens is 2. The molecule has 0 bridgehead atoms. The van der Waals surface area contributed by atoms with Gasteiger partial charge in [-0.3, -0.25) is 0 Å². The third-order valence-electron chi connectivity index (χ3n) is 2.65. The number of imidazole rings is 1. The summed E-state index contributed by atoms with van der Waals surface area (Å²) >= 11 is 6.10. The number of nitrogens with one attached hydrogen (secondary N) is 1. The number of anilines is 1.